The van der Waals surface area contributed by atoms with Crippen molar-refractivity contribution in [2.45, 2.75) is 36.6 Å². The van der Waals surface area contributed by atoms with E-state index < -0.39 is 0 Å². The highest BCUT2D eigenvalue weighted by Crippen LogP contribution is 2.24. The Labute approximate surface area is 154 Å². The predicted molar refractivity (Wildman–Crippen MR) is 102 cm³/mol. The van der Waals surface area contributed by atoms with Crippen LogP contribution in [0.3, 0.4) is 0 Å². The lowest BCUT2D eigenvalue weighted by Crippen LogP contribution is -2.40. The maximum atomic E-state index is 12.2. The van der Waals surface area contributed by atoms with Gasteiger partial charge in [0.05, 0.1) is 12.3 Å². The lowest BCUT2D eigenvalue weighted by Gasteiger charge is -2.33. The number of benzene rings is 1. The van der Waals surface area contributed by atoms with Crippen LogP contribution in [0.5, 0.6) is 0 Å². The van der Waals surface area contributed by atoms with Gasteiger partial charge in [-0.3, -0.25) is 9.69 Å². The molecular formula is C20H26N2O2S. The molecule has 2 heterocycles. The highest BCUT2D eigenvalue weighted by Gasteiger charge is 2.24. The molecule has 1 saturated heterocycles. The van der Waals surface area contributed by atoms with Crippen LogP contribution < -0.4 is 5.32 Å². The molecule has 0 saturated carbocycles. The molecule has 2 aromatic rings. The van der Waals surface area contributed by atoms with Crippen molar-refractivity contribution in [2.24, 2.45) is 0 Å². The Hall–Kier alpha value is -1.72. The normalized spacial score (nSPS) is 16.5. The SMILES string of the molecule is O=C(CCSc1ccccc1)NCC(c1ccco1)N1CCCCC1. The molecule has 25 heavy (non-hydrogen) atoms. The van der Waals surface area contributed by atoms with E-state index in [2.05, 4.69) is 22.3 Å². The first kappa shape index (κ1) is 18.1. The number of furan rings is 1. The van der Waals surface area contributed by atoms with Gasteiger partial charge in [-0.1, -0.05) is 24.6 Å². The van der Waals surface area contributed by atoms with Crippen LogP contribution in [0.25, 0.3) is 0 Å². The minimum atomic E-state index is 0.108. The predicted octanol–water partition coefficient (Wildman–Crippen LogP) is 4.11. The fourth-order valence-corrected chi connectivity index (χ4v) is 4.07. The van der Waals surface area contributed by atoms with Crippen molar-refractivity contribution in [2.75, 3.05) is 25.4 Å². The van der Waals surface area contributed by atoms with Gasteiger partial charge in [0.1, 0.15) is 5.76 Å². The molecule has 1 atom stereocenters. The first-order chi connectivity index (χ1) is 12.3. The third kappa shape index (κ3) is 5.65. The minimum Gasteiger partial charge on any atom is -0.468 e. The van der Waals surface area contributed by atoms with Gasteiger partial charge in [0.25, 0.3) is 0 Å². The van der Waals surface area contributed by atoms with E-state index in [1.165, 1.54) is 24.2 Å². The average molecular weight is 359 g/mol. The van der Waals surface area contributed by atoms with Crippen molar-refractivity contribution in [1.82, 2.24) is 10.2 Å². The van der Waals surface area contributed by atoms with Crippen molar-refractivity contribution >= 4 is 17.7 Å². The summed E-state index contributed by atoms with van der Waals surface area (Å²) in [6.07, 6.45) is 5.98. The molecule has 1 fully saturated rings. The zero-order chi connectivity index (χ0) is 17.3. The Morgan fingerprint density at radius 3 is 2.64 bits per heavy atom. The van der Waals surface area contributed by atoms with Crippen molar-refractivity contribution in [3.05, 3.63) is 54.5 Å². The summed E-state index contributed by atoms with van der Waals surface area (Å²) in [5, 5.41) is 3.10. The standard InChI is InChI=1S/C20H26N2O2S/c23-20(11-15-25-17-8-3-1-4-9-17)21-16-18(19-10-7-14-24-19)22-12-5-2-6-13-22/h1,3-4,7-10,14,18H,2,5-6,11-13,15-16H2,(H,21,23). The number of nitrogens with one attached hydrogen (secondary N) is 1. The number of rotatable bonds is 8. The number of hydrogen-bond acceptors (Lipinski definition) is 4. The topological polar surface area (TPSA) is 45.5 Å². The van der Waals surface area contributed by atoms with E-state index >= 15 is 0 Å². The highest BCUT2D eigenvalue weighted by atomic mass is 32.2. The molecule has 0 aliphatic carbocycles. The van der Waals surface area contributed by atoms with Gasteiger partial charge in [-0.25, -0.2) is 0 Å². The van der Waals surface area contributed by atoms with Gasteiger partial charge in [0.15, 0.2) is 0 Å². The minimum absolute atomic E-state index is 0.108. The lowest BCUT2D eigenvalue weighted by molar-refractivity contribution is -0.121. The number of amides is 1. The number of carbonyl (C=O) groups excluding carboxylic acids is 1. The van der Waals surface area contributed by atoms with Crippen LogP contribution in [0.15, 0.2) is 58.0 Å². The number of hydrogen-bond donors (Lipinski definition) is 1. The molecule has 1 amide bonds. The van der Waals surface area contributed by atoms with Crippen molar-refractivity contribution in [3.8, 4) is 0 Å². The van der Waals surface area contributed by atoms with Crippen LogP contribution in [0.2, 0.25) is 0 Å². The van der Waals surface area contributed by atoms with E-state index in [0.29, 0.717) is 13.0 Å². The van der Waals surface area contributed by atoms with E-state index in [1.807, 2.05) is 30.3 Å². The number of carbonyl (C=O) groups is 1. The van der Waals surface area contributed by atoms with Crippen LogP contribution in [0.1, 0.15) is 37.5 Å². The molecule has 134 valence electrons. The van der Waals surface area contributed by atoms with E-state index in [-0.39, 0.29) is 11.9 Å². The van der Waals surface area contributed by atoms with Gasteiger partial charge in [0.2, 0.25) is 5.91 Å². The number of likely N-dealkylation sites (tertiary alicyclic amines) is 1. The molecule has 0 bridgehead atoms. The lowest BCUT2D eigenvalue weighted by atomic mass is 10.1. The molecule has 1 aromatic heterocycles. The second-order valence-corrected chi connectivity index (χ2v) is 7.51. The average Bonchev–Trinajstić information content (AvgIpc) is 3.18. The summed E-state index contributed by atoms with van der Waals surface area (Å²) >= 11 is 1.72. The van der Waals surface area contributed by atoms with E-state index in [1.54, 1.807) is 18.0 Å². The Morgan fingerprint density at radius 1 is 1.12 bits per heavy atom. The van der Waals surface area contributed by atoms with Crippen LogP contribution >= 0.6 is 11.8 Å². The van der Waals surface area contributed by atoms with Gasteiger partial charge in [-0.05, 0) is 50.2 Å². The Balaban J connectivity index is 1.46. The molecule has 1 aliphatic heterocycles. The smallest absolute Gasteiger partial charge is 0.220 e. The van der Waals surface area contributed by atoms with Crippen LogP contribution in [-0.2, 0) is 4.79 Å². The van der Waals surface area contributed by atoms with Gasteiger partial charge >= 0.3 is 0 Å². The first-order valence-electron chi connectivity index (χ1n) is 9.05. The second-order valence-electron chi connectivity index (χ2n) is 6.34. The molecule has 4 nitrogen and oxygen atoms in total. The van der Waals surface area contributed by atoms with Crippen LogP contribution in [0, 0.1) is 0 Å². The van der Waals surface area contributed by atoms with Gasteiger partial charge in [-0.2, -0.15) is 0 Å². The monoisotopic (exact) mass is 358 g/mol. The fourth-order valence-electron chi connectivity index (χ4n) is 3.20. The maximum Gasteiger partial charge on any atom is 0.220 e. The van der Waals surface area contributed by atoms with E-state index in [9.17, 15) is 4.79 Å². The largest absolute Gasteiger partial charge is 0.468 e. The molecule has 1 aromatic carbocycles. The van der Waals surface area contributed by atoms with Crippen LogP contribution in [-0.4, -0.2) is 36.2 Å². The zero-order valence-electron chi connectivity index (χ0n) is 14.5. The third-order valence-electron chi connectivity index (χ3n) is 4.54. The van der Waals surface area contributed by atoms with Gasteiger partial charge in [-0.15, -0.1) is 11.8 Å². The number of nitrogens with zero attached hydrogens (tertiary/aromatic N) is 1. The summed E-state index contributed by atoms with van der Waals surface area (Å²) < 4.78 is 5.62. The first-order valence-corrected chi connectivity index (χ1v) is 10.0. The zero-order valence-corrected chi connectivity index (χ0v) is 15.3. The highest BCUT2D eigenvalue weighted by molar-refractivity contribution is 7.99. The van der Waals surface area contributed by atoms with Gasteiger partial charge in [0, 0.05) is 23.6 Å². The number of thioether (sulfide) groups is 1. The molecule has 1 aliphatic rings. The summed E-state index contributed by atoms with van der Waals surface area (Å²) in [5.74, 6) is 1.85. The van der Waals surface area contributed by atoms with Crippen molar-refractivity contribution in [1.29, 1.82) is 0 Å². The summed E-state index contributed by atoms with van der Waals surface area (Å²) in [4.78, 5) is 15.9. The van der Waals surface area contributed by atoms with Crippen LogP contribution in [0.4, 0.5) is 0 Å². The molecule has 0 spiro atoms. The third-order valence-corrected chi connectivity index (χ3v) is 5.55. The number of piperidine rings is 1. The molecule has 5 heteroatoms. The van der Waals surface area contributed by atoms with Gasteiger partial charge < -0.3 is 9.73 Å². The fraction of sp³-hybridized carbons (Fsp3) is 0.450. The quantitative estimate of drug-likeness (QED) is 0.722. The van der Waals surface area contributed by atoms with E-state index in [4.69, 9.17) is 4.42 Å². The molecular weight excluding hydrogens is 332 g/mol. The molecule has 3 rings (SSSR count). The second kappa shape index (κ2) is 9.68. The molecule has 1 N–H and O–H groups in total. The molecule has 0 radical (unpaired) electrons. The Kier molecular flexibility index (Phi) is 7.00. The summed E-state index contributed by atoms with van der Waals surface area (Å²) in [7, 11) is 0. The summed E-state index contributed by atoms with van der Waals surface area (Å²) in [6, 6.07) is 14.3. The Morgan fingerprint density at radius 2 is 1.92 bits per heavy atom. The maximum absolute atomic E-state index is 12.2. The Bertz CT molecular complexity index is 624. The van der Waals surface area contributed by atoms with Crippen molar-refractivity contribution < 1.29 is 9.21 Å². The van der Waals surface area contributed by atoms with E-state index in [0.717, 1.165) is 24.6 Å². The summed E-state index contributed by atoms with van der Waals surface area (Å²) in [6.45, 7) is 2.76. The van der Waals surface area contributed by atoms with Crippen molar-refractivity contribution in [3.63, 3.8) is 0 Å². The summed E-state index contributed by atoms with van der Waals surface area (Å²) in [5.41, 5.74) is 0. The molecule has 1 unspecified atom stereocenters.